The molecule has 0 fully saturated rings. The molecule has 0 saturated heterocycles. The summed E-state index contributed by atoms with van der Waals surface area (Å²) in [4.78, 5) is 4.08. The molecule has 0 saturated carbocycles. The Kier molecular flexibility index (Phi) is 2.74. The van der Waals surface area contributed by atoms with E-state index in [-0.39, 0.29) is 0 Å². The van der Waals surface area contributed by atoms with Gasteiger partial charge in [-0.15, -0.1) is 11.3 Å². The van der Waals surface area contributed by atoms with E-state index in [1.807, 2.05) is 18.4 Å². The average molecular weight is 229 g/mol. The molecule has 0 bridgehead atoms. The highest BCUT2D eigenvalue weighted by atomic mass is 35.5. The van der Waals surface area contributed by atoms with Gasteiger partial charge in [0.25, 0.3) is 0 Å². The molecule has 74 valence electrons. The van der Waals surface area contributed by atoms with Gasteiger partial charge < -0.3 is 9.73 Å². The van der Waals surface area contributed by atoms with E-state index in [1.54, 1.807) is 6.20 Å². The molecule has 0 unspecified atom stereocenters. The molecule has 1 N–H and O–H groups in total. The highest BCUT2D eigenvalue weighted by molar-refractivity contribution is 7.15. The molecule has 2 aromatic rings. The maximum atomic E-state index is 5.92. The van der Waals surface area contributed by atoms with Gasteiger partial charge in [0, 0.05) is 0 Å². The van der Waals surface area contributed by atoms with Crippen LogP contribution in [0.1, 0.15) is 11.7 Å². The number of thiophene rings is 1. The molecule has 2 aromatic heterocycles. The first-order valence-corrected chi connectivity index (χ1v) is 5.39. The number of hydrogen-bond acceptors (Lipinski definition) is 4. The second-order valence-electron chi connectivity index (χ2n) is 2.83. The molecule has 0 aliphatic carbocycles. The van der Waals surface area contributed by atoms with Crippen LogP contribution in [0, 0.1) is 6.92 Å². The lowest BCUT2D eigenvalue weighted by molar-refractivity contribution is 0.479. The van der Waals surface area contributed by atoms with Gasteiger partial charge in [0.05, 0.1) is 18.4 Å². The number of anilines is 1. The summed E-state index contributed by atoms with van der Waals surface area (Å²) in [7, 11) is 0. The van der Waals surface area contributed by atoms with Crippen molar-refractivity contribution in [3.05, 3.63) is 33.6 Å². The lowest BCUT2D eigenvalue weighted by Crippen LogP contribution is -1.98. The third-order valence-corrected chi connectivity index (χ3v) is 2.89. The van der Waals surface area contributed by atoms with Gasteiger partial charge in [-0.25, -0.2) is 4.98 Å². The highest BCUT2D eigenvalue weighted by Gasteiger charge is 2.03. The molecule has 0 aliphatic heterocycles. The minimum Gasteiger partial charge on any atom is -0.444 e. The van der Waals surface area contributed by atoms with E-state index < -0.39 is 0 Å². The van der Waals surface area contributed by atoms with Gasteiger partial charge in [0.1, 0.15) is 10.1 Å². The van der Waals surface area contributed by atoms with Crippen LogP contribution < -0.4 is 5.32 Å². The van der Waals surface area contributed by atoms with E-state index in [1.165, 1.54) is 11.3 Å². The number of oxazole rings is 1. The molecule has 0 amide bonds. The molecule has 5 heteroatoms. The summed E-state index contributed by atoms with van der Waals surface area (Å²) in [5.41, 5.74) is 0.924. The van der Waals surface area contributed by atoms with E-state index in [9.17, 15) is 0 Å². The van der Waals surface area contributed by atoms with Crippen molar-refractivity contribution in [3.63, 3.8) is 0 Å². The molecule has 2 rings (SSSR count). The van der Waals surface area contributed by atoms with E-state index in [0.29, 0.717) is 12.4 Å². The quantitative estimate of drug-likeness (QED) is 0.876. The second-order valence-corrected chi connectivity index (χ2v) is 4.34. The topological polar surface area (TPSA) is 38.1 Å². The number of nitrogens with one attached hydrogen (secondary N) is 1. The molecule has 14 heavy (non-hydrogen) atoms. The van der Waals surface area contributed by atoms with Gasteiger partial charge in [-0.1, -0.05) is 11.6 Å². The summed E-state index contributed by atoms with van der Waals surface area (Å²) in [5, 5.41) is 5.08. The molecule has 0 atom stereocenters. The summed E-state index contributed by atoms with van der Waals surface area (Å²) < 4.78 is 6.07. The van der Waals surface area contributed by atoms with Crippen LogP contribution in [0.15, 0.2) is 22.1 Å². The average Bonchev–Trinajstić information content (AvgIpc) is 2.72. The van der Waals surface area contributed by atoms with Crippen molar-refractivity contribution < 1.29 is 4.42 Å². The Morgan fingerprint density at radius 3 is 3.07 bits per heavy atom. The first-order chi connectivity index (χ1) is 6.75. The first kappa shape index (κ1) is 9.55. The molecular weight excluding hydrogens is 220 g/mol. The van der Waals surface area contributed by atoms with Crippen LogP contribution in [-0.2, 0) is 6.54 Å². The molecule has 2 heterocycles. The second kappa shape index (κ2) is 4.02. The van der Waals surface area contributed by atoms with Gasteiger partial charge in [0.2, 0.25) is 5.89 Å². The van der Waals surface area contributed by atoms with Crippen molar-refractivity contribution in [1.29, 1.82) is 0 Å². The van der Waals surface area contributed by atoms with Crippen LogP contribution in [-0.4, -0.2) is 4.98 Å². The van der Waals surface area contributed by atoms with Crippen LogP contribution >= 0.6 is 22.9 Å². The zero-order chi connectivity index (χ0) is 9.97. The predicted octanol–water partition coefficient (Wildman–Crippen LogP) is 3.31. The smallest absolute Gasteiger partial charge is 0.213 e. The Bertz CT molecular complexity index is 424. The molecular formula is C9H9ClN2OS. The Morgan fingerprint density at radius 1 is 1.64 bits per heavy atom. The highest BCUT2D eigenvalue weighted by Crippen LogP contribution is 2.27. The van der Waals surface area contributed by atoms with Crippen molar-refractivity contribution in [2.24, 2.45) is 0 Å². The van der Waals surface area contributed by atoms with E-state index in [0.717, 1.165) is 15.8 Å². The number of hydrogen-bond donors (Lipinski definition) is 1. The molecule has 3 nitrogen and oxygen atoms in total. The van der Waals surface area contributed by atoms with Crippen molar-refractivity contribution in [2.75, 3.05) is 5.32 Å². The summed E-state index contributed by atoms with van der Waals surface area (Å²) in [6.45, 7) is 2.43. The molecule has 0 spiro atoms. The lowest BCUT2D eigenvalue weighted by Gasteiger charge is -2.00. The van der Waals surface area contributed by atoms with Crippen LogP contribution in [0.2, 0.25) is 4.34 Å². The van der Waals surface area contributed by atoms with E-state index in [4.69, 9.17) is 16.0 Å². The number of rotatable bonds is 3. The number of nitrogens with zero attached hydrogens (tertiary/aromatic N) is 1. The normalized spacial score (nSPS) is 10.4. The van der Waals surface area contributed by atoms with Crippen molar-refractivity contribution in [2.45, 2.75) is 13.5 Å². The van der Waals surface area contributed by atoms with Gasteiger partial charge in [0.15, 0.2) is 0 Å². The van der Waals surface area contributed by atoms with Crippen LogP contribution in [0.4, 0.5) is 5.69 Å². The van der Waals surface area contributed by atoms with Crippen molar-refractivity contribution >= 4 is 28.6 Å². The van der Waals surface area contributed by atoms with Gasteiger partial charge in [-0.3, -0.25) is 0 Å². The fourth-order valence-electron chi connectivity index (χ4n) is 1.07. The minimum atomic E-state index is 0.560. The first-order valence-electron chi connectivity index (χ1n) is 4.14. The summed E-state index contributed by atoms with van der Waals surface area (Å²) >= 11 is 7.41. The Labute approximate surface area is 90.7 Å². The van der Waals surface area contributed by atoms with E-state index >= 15 is 0 Å². The van der Waals surface area contributed by atoms with E-state index in [2.05, 4.69) is 10.3 Å². The largest absolute Gasteiger partial charge is 0.444 e. The number of aromatic nitrogens is 1. The zero-order valence-electron chi connectivity index (χ0n) is 7.58. The van der Waals surface area contributed by atoms with Gasteiger partial charge >= 0.3 is 0 Å². The summed E-state index contributed by atoms with van der Waals surface area (Å²) in [5.74, 6) is 1.49. The fourth-order valence-corrected chi connectivity index (χ4v) is 1.95. The Balaban J connectivity index is 1.98. The number of halogens is 1. The summed E-state index contributed by atoms with van der Waals surface area (Å²) in [6.07, 6.45) is 1.70. The third kappa shape index (κ3) is 2.08. The van der Waals surface area contributed by atoms with Gasteiger partial charge in [-0.05, 0) is 18.4 Å². The van der Waals surface area contributed by atoms with Crippen molar-refractivity contribution in [1.82, 2.24) is 4.98 Å². The predicted molar refractivity (Wildman–Crippen MR) is 57.9 cm³/mol. The molecule has 0 aliphatic rings. The van der Waals surface area contributed by atoms with Crippen LogP contribution in [0.5, 0.6) is 0 Å². The third-order valence-electron chi connectivity index (χ3n) is 1.72. The van der Waals surface area contributed by atoms with Gasteiger partial charge in [-0.2, -0.15) is 0 Å². The van der Waals surface area contributed by atoms with Crippen LogP contribution in [0.3, 0.4) is 0 Å². The standard InChI is InChI=1S/C9H9ClN2OS/c1-6-4-12-8(13-6)5-11-7-2-3-14-9(7)10/h2-4,11H,5H2,1H3. The maximum absolute atomic E-state index is 5.92. The molecule has 0 aromatic carbocycles. The molecule has 0 radical (unpaired) electrons. The minimum absolute atomic E-state index is 0.560. The SMILES string of the molecule is Cc1cnc(CNc2ccsc2Cl)o1. The number of aryl methyl sites for hydroxylation is 1. The fraction of sp³-hybridized carbons (Fsp3) is 0.222. The Morgan fingerprint density at radius 2 is 2.50 bits per heavy atom. The van der Waals surface area contributed by atoms with Crippen molar-refractivity contribution in [3.8, 4) is 0 Å². The monoisotopic (exact) mass is 228 g/mol. The summed E-state index contributed by atoms with van der Waals surface area (Å²) in [6, 6.07) is 1.93. The zero-order valence-corrected chi connectivity index (χ0v) is 9.15. The van der Waals surface area contributed by atoms with Crippen LogP contribution in [0.25, 0.3) is 0 Å². The maximum Gasteiger partial charge on any atom is 0.213 e. The Hall–Kier alpha value is -1.00. The lowest BCUT2D eigenvalue weighted by atomic mass is 10.5.